The summed E-state index contributed by atoms with van der Waals surface area (Å²) >= 11 is 0. The summed E-state index contributed by atoms with van der Waals surface area (Å²) in [7, 11) is -4.68. The highest BCUT2D eigenvalue weighted by Gasteiger charge is 2.25. The van der Waals surface area contributed by atoms with Gasteiger partial charge in [-0.15, -0.1) is 0 Å². The summed E-state index contributed by atoms with van der Waals surface area (Å²) in [5.74, 6) is -3.48. The predicted molar refractivity (Wildman–Crippen MR) is 58.9 cm³/mol. The van der Waals surface area contributed by atoms with Crippen molar-refractivity contribution in [3.05, 3.63) is 23.3 Å². The van der Waals surface area contributed by atoms with Crippen molar-refractivity contribution in [2.45, 2.75) is 19.6 Å². The Morgan fingerprint density at radius 3 is 2.38 bits per heavy atom. The molecule has 0 fully saturated rings. The summed E-state index contributed by atoms with van der Waals surface area (Å²) in [6.07, 6.45) is 0. The van der Waals surface area contributed by atoms with Gasteiger partial charge in [0.15, 0.2) is 0 Å². The van der Waals surface area contributed by atoms with Crippen LogP contribution >= 0.6 is 0 Å². The van der Waals surface area contributed by atoms with E-state index in [1.807, 2.05) is 0 Å². The van der Waals surface area contributed by atoms with E-state index in [-0.39, 0.29) is 11.4 Å². The zero-order chi connectivity index (χ0) is 12.5. The average Bonchev–Trinajstić information content (AvgIpc) is 2.18. The number of rotatable bonds is 3. The van der Waals surface area contributed by atoms with E-state index in [2.05, 4.69) is 0 Å². The van der Waals surface area contributed by atoms with Gasteiger partial charge in [0, 0.05) is 0 Å². The maximum absolute atomic E-state index is 12.2. The van der Waals surface area contributed by atoms with Crippen LogP contribution in [0, 0.1) is 13.8 Å². The largest absolute Gasteiger partial charge is 0.397 e. The highest BCUT2D eigenvalue weighted by molar-refractivity contribution is 7.93. The van der Waals surface area contributed by atoms with E-state index in [1.54, 1.807) is 24.6 Å². The zero-order valence-electron chi connectivity index (χ0n) is 8.79. The fourth-order valence-electron chi connectivity index (χ4n) is 1.16. The first-order valence-corrected chi connectivity index (χ1v) is 5.96. The van der Waals surface area contributed by atoms with Crippen LogP contribution in [0.4, 0.5) is 20.2 Å². The van der Waals surface area contributed by atoms with Gasteiger partial charge < -0.3 is 5.73 Å². The second-order valence-corrected chi connectivity index (χ2v) is 5.03. The molecule has 1 aromatic carbocycles. The van der Waals surface area contributed by atoms with Crippen LogP contribution in [0.3, 0.4) is 0 Å². The Labute approximate surface area is 92.5 Å². The van der Waals surface area contributed by atoms with Crippen molar-refractivity contribution in [1.29, 1.82) is 0 Å². The van der Waals surface area contributed by atoms with Crippen molar-refractivity contribution in [3.8, 4) is 0 Å². The van der Waals surface area contributed by atoms with E-state index in [0.29, 0.717) is 5.56 Å². The van der Waals surface area contributed by atoms with Crippen LogP contribution in [-0.2, 0) is 10.0 Å². The van der Waals surface area contributed by atoms with Gasteiger partial charge in [0.05, 0.1) is 11.4 Å². The average molecular weight is 250 g/mol. The third-order valence-electron chi connectivity index (χ3n) is 2.25. The smallest absolute Gasteiger partial charge is 0.355 e. The maximum atomic E-state index is 12.2. The summed E-state index contributed by atoms with van der Waals surface area (Å²) in [5, 5.41) is 0. The van der Waals surface area contributed by atoms with E-state index in [9.17, 15) is 17.2 Å². The topological polar surface area (TPSA) is 72.2 Å². The zero-order valence-corrected chi connectivity index (χ0v) is 9.61. The van der Waals surface area contributed by atoms with Gasteiger partial charge in [0.25, 0.3) is 10.0 Å². The van der Waals surface area contributed by atoms with E-state index >= 15 is 0 Å². The third-order valence-corrected chi connectivity index (χ3v) is 3.20. The van der Waals surface area contributed by atoms with Crippen LogP contribution in [0.5, 0.6) is 0 Å². The van der Waals surface area contributed by atoms with E-state index in [1.165, 1.54) is 6.07 Å². The van der Waals surface area contributed by atoms with Crippen molar-refractivity contribution in [3.63, 3.8) is 0 Å². The molecule has 0 saturated heterocycles. The molecule has 0 atom stereocenters. The lowest BCUT2D eigenvalue weighted by Gasteiger charge is -2.13. The minimum atomic E-state index is -4.68. The second kappa shape index (κ2) is 4.25. The molecule has 0 unspecified atom stereocenters. The number of sulfonamides is 1. The maximum Gasteiger partial charge on any atom is 0.355 e. The van der Waals surface area contributed by atoms with Gasteiger partial charge in [-0.05, 0) is 31.0 Å². The first-order chi connectivity index (χ1) is 7.25. The molecule has 0 heterocycles. The van der Waals surface area contributed by atoms with E-state index < -0.39 is 15.8 Å². The number of hydrogen-bond acceptors (Lipinski definition) is 3. The number of aryl methyl sites for hydroxylation is 1. The molecule has 0 amide bonds. The Hall–Kier alpha value is -1.37. The van der Waals surface area contributed by atoms with Crippen molar-refractivity contribution in [2.24, 2.45) is 0 Å². The molecule has 0 aromatic heterocycles. The summed E-state index contributed by atoms with van der Waals surface area (Å²) in [5.41, 5.74) is 6.95. The molecule has 0 aliphatic rings. The van der Waals surface area contributed by atoms with Crippen LogP contribution in [0.15, 0.2) is 12.1 Å². The number of hydrogen-bond donors (Lipinski definition) is 2. The number of benzene rings is 1. The minimum absolute atomic E-state index is 0.0142. The standard InChI is InChI=1S/C9H12F2N2O2S/c1-5-3-4-7(12)8(6(5)2)13-16(14,15)9(10)11/h3-4,9,13H,12H2,1-2H3. The van der Waals surface area contributed by atoms with Gasteiger partial charge in [-0.2, -0.15) is 8.78 Å². The molecular formula is C9H12F2N2O2S. The van der Waals surface area contributed by atoms with Crippen LogP contribution in [0.2, 0.25) is 0 Å². The molecule has 0 aliphatic carbocycles. The van der Waals surface area contributed by atoms with Gasteiger partial charge in [0.1, 0.15) is 0 Å². The van der Waals surface area contributed by atoms with Gasteiger partial charge in [-0.1, -0.05) is 6.07 Å². The molecule has 1 rings (SSSR count). The van der Waals surface area contributed by atoms with Crippen LogP contribution in [-0.4, -0.2) is 14.2 Å². The molecular weight excluding hydrogens is 238 g/mol. The number of nitrogens with one attached hydrogen (secondary N) is 1. The molecule has 90 valence electrons. The Balaban J connectivity index is 3.21. The fraction of sp³-hybridized carbons (Fsp3) is 0.333. The summed E-state index contributed by atoms with van der Waals surface area (Å²) in [6, 6.07) is 3.15. The van der Waals surface area contributed by atoms with Crippen molar-refractivity contribution < 1.29 is 17.2 Å². The molecule has 16 heavy (non-hydrogen) atoms. The van der Waals surface area contributed by atoms with Gasteiger partial charge in [0.2, 0.25) is 0 Å². The SMILES string of the molecule is Cc1ccc(N)c(NS(=O)(=O)C(F)F)c1C. The highest BCUT2D eigenvalue weighted by atomic mass is 32.2. The first-order valence-electron chi connectivity index (χ1n) is 4.41. The lowest BCUT2D eigenvalue weighted by atomic mass is 10.1. The summed E-state index contributed by atoms with van der Waals surface area (Å²) in [4.78, 5) is 0. The lowest BCUT2D eigenvalue weighted by Crippen LogP contribution is -2.22. The Morgan fingerprint density at radius 1 is 1.31 bits per heavy atom. The van der Waals surface area contributed by atoms with Crippen LogP contribution < -0.4 is 10.5 Å². The fourth-order valence-corrected chi connectivity index (χ4v) is 1.80. The number of halogens is 2. The molecule has 0 bridgehead atoms. The summed E-state index contributed by atoms with van der Waals surface area (Å²) < 4.78 is 48.1. The van der Waals surface area contributed by atoms with Crippen molar-refractivity contribution in [1.82, 2.24) is 0 Å². The number of alkyl halides is 2. The number of nitrogen functional groups attached to an aromatic ring is 1. The van der Waals surface area contributed by atoms with E-state index in [0.717, 1.165) is 5.56 Å². The molecule has 4 nitrogen and oxygen atoms in total. The molecule has 0 radical (unpaired) electrons. The first kappa shape index (κ1) is 12.7. The molecule has 1 aromatic rings. The minimum Gasteiger partial charge on any atom is -0.397 e. The quantitative estimate of drug-likeness (QED) is 0.804. The van der Waals surface area contributed by atoms with Crippen LogP contribution in [0.1, 0.15) is 11.1 Å². The van der Waals surface area contributed by atoms with E-state index in [4.69, 9.17) is 5.73 Å². The lowest BCUT2D eigenvalue weighted by molar-refractivity contribution is 0.236. The predicted octanol–water partition coefficient (Wildman–Crippen LogP) is 1.85. The highest BCUT2D eigenvalue weighted by Crippen LogP contribution is 2.27. The Bertz CT molecular complexity index is 500. The third kappa shape index (κ3) is 2.41. The van der Waals surface area contributed by atoms with Gasteiger partial charge in [-0.3, -0.25) is 4.72 Å². The molecule has 0 aliphatic heterocycles. The van der Waals surface area contributed by atoms with Gasteiger partial charge in [-0.25, -0.2) is 8.42 Å². The molecule has 0 saturated carbocycles. The molecule has 3 N–H and O–H groups in total. The Kier molecular flexibility index (Phi) is 3.37. The number of anilines is 2. The van der Waals surface area contributed by atoms with Crippen molar-refractivity contribution >= 4 is 21.4 Å². The van der Waals surface area contributed by atoms with Crippen molar-refractivity contribution in [2.75, 3.05) is 10.5 Å². The number of nitrogens with two attached hydrogens (primary N) is 1. The molecule has 0 spiro atoms. The van der Waals surface area contributed by atoms with Crippen LogP contribution in [0.25, 0.3) is 0 Å². The molecule has 7 heteroatoms. The monoisotopic (exact) mass is 250 g/mol. The summed E-state index contributed by atoms with van der Waals surface area (Å²) in [6.45, 7) is 3.34. The Morgan fingerprint density at radius 2 is 1.88 bits per heavy atom. The normalized spacial score (nSPS) is 11.8. The van der Waals surface area contributed by atoms with Gasteiger partial charge >= 0.3 is 5.76 Å². The second-order valence-electron chi connectivity index (χ2n) is 3.38.